The van der Waals surface area contributed by atoms with Crippen LogP contribution in [0.3, 0.4) is 0 Å². The lowest BCUT2D eigenvalue weighted by Gasteiger charge is -2.02. The van der Waals surface area contributed by atoms with Gasteiger partial charge in [-0.25, -0.2) is 9.78 Å². The van der Waals surface area contributed by atoms with E-state index in [0.717, 1.165) is 5.69 Å². The van der Waals surface area contributed by atoms with Crippen molar-refractivity contribution in [3.8, 4) is 11.7 Å². The SMILES string of the molecule is CCOC(=O)c1cc(O)n(-c2cccc(C)n2)n1. The molecule has 0 atom stereocenters. The van der Waals surface area contributed by atoms with Crippen molar-refractivity contribution in [2.45, 2.75) is 13.8 Å². The smallest absolute Gasteiger partial charge is 0.358 e. The summed E-state index contributed by atoms with van der Waals surface area (Å²) in [6, 6.07) is 6.57. The Morgan fingerprint density at radius 2 is 2.28 bits per heavy atom. The number of hydrogen-bond acceptors (Lipinski definition) is 5. The van der Waals surface area contributed by atoms with Crippen molar-refractivity contribution in [2.24, 2.45) is 0 Å². The lowest BCUT2D eigenvalue weighted by Crippen LogP contribution is -2.07. The van der Waals surface area contributed by atoms with Crippen LogP contribution in [-0.2, 0) is 4.74 Å². The molecule has 2 heterocycles. The molecule has 2 aromatic rings. The molecule has 0 aliphatic heterocycles. The highest BCUT2D eigenvalue weighted by Crippen LogP contribution is 2.17. The highest BCUT2D eigenvalue weighted by molar-refractivity contribution is 5.87. The van der Waals surface area contributed by atoms with Gasteiger partial charge in [-0.2, -0.15) is 9.78 Å². The molecule has 0 aliphatic rings. The van der Waals surface area contributed by atoms with Crippen LogP contribution in [0.15, 0.2) is 24.3 Å². The molecule has 0 radical (unpaired) electrons. The molecule has 1 N–H and O–H groups in total. The second-order valence-corrected chi connectivity index (χ2v) is 3.66. The van der Waals surface area contributed by atoms with E-state index < -0.39 is 5.97 Å². The van der Waals surface area contributed by atoms with E-state index in [4.69, 9.17) is 4.74 Å². The normalized spacial score (nSPS) is 10.3. The molecule has 94 valence electrons. The molecule has 6 nitrogen and oxygen atoms in total. The third-order valence-corrected chi connectivity index (χ3v) is 2.27. The number of rotatable bonds is 3. The maximum atomic E-state index is 11.5. The zero-order valence-electron chi connectivity index (χ0n) is 10.1. The Labute approximate surface area is 104 Å². The van der Waals surface area contributed by atoms with Crippen LogP contribution in [-0.4, -0.2) is 32.4 Å². The van der Waals surface area contributed by atoms with Crippen molar-refractivity contribution < 1.29 is 14.6 Å². The topological polar surface area (TPSA) is 77.2 Å². The van der Waals surface area contributed by atoms with E-state index in [1.54, 1.807) is 19.1 Å². The summed E-state index contributed by atoms with van der Waals surface area (Å²) >= 11 is 0. The van der Waals surface area contributed by atoms with E-state index >= 15 is 0 Å². The van der Waals surface area contributed by atoms with Gasteiger partial charge in [-0.15, -0.1) is 0 Å². The second kappa shape index (κ2) is 4.87. The van der Waals surface area contributed by atoms with E-state index in [2.05, 4.69) is 10.1 Å². The standard InChI is InChI=1S/C12H13N3O3/c1-3-18-12(17)9-7-11(16)15(14-9)10-6-4-5-8(2)13-10/h4-7,16H,3H2,1-2H3. The van der Waals surface area contributed by atoms with E-state index in [-0.39, 0.29) is 18.2 Å². The summed E-state index contributed by atoms with van der Waals surface area (Å²) in [6.07, 6.45) is 0. The first kappa shape index (κ1) is 12.1. The number of nitrogens with zero attached hydrogens (tertiary/aromatic N) is 3. The minimum absolute atomic E-state index is 0.0534. The van der Waals surface area contributed by atoms with Gasteiger partial charge in [-0.3, -0.25) is 0 Å². The second-order valence-electron chi connectivity index (χ2n) is 3.66. The quantitative estimate of drug-likeness (QED) is 0.831. The van der Waals surface area contributed by atoms with Gasteiger partial charge in [0.1, 0.15) is 0 Å². The summed E-state index contributed by atoms with van der Waals surface area (Å²) in [5.74, 6) is -0.279. The summed E-state index contributed by atoms with van der Waals surface area (Å²) < 4.78 is 6.00. The number of carbonyl (C=O) groups is 1. The maximum Gasteiger partial charge on any atom is 0.358 e. The minimum Gasteiger partial charge on any atom is -0.493 e. The summed E-state index contributed by atoms with van der Waals surface area (Å²) in [6.45, 7) is 3.79. The van der Waals surface area contributed by atoms with Crippen molar-refractivity contribution in [1.82, 2.24) is 14.8 Å². The van der Waals surface area contributed by atoms with Crippen molar-refractivity contribution in [1.29, 1.82) is 0 Å². The number of pyridine rings is 1. The summed E-state index contributed by atoms with van der Waals surface area (Å²) in [5, 5.41) is 13.7. The highest BCUT2D eigenvalue weighted by Gasteiger charge is 2.16. The molecule has 0 unspecified atom stereocenters. The average molecular weight is 247 g/mol. The predicted molar refractivity (Wildman–Crippen MR) is 63.7 cm³/mol. The number of esters is 1. The van der Waals surface area contributed by atoms with E-state index in [0.29, 0.717) is 5.82 Å². The van der Waals surface area contributed by atoms with Gasteiger partial charge in [-0.1, -0.05) is 6.07 Å². The van der Waals surface area contributed by atoms with Gasteiger partial charge in [0.25, 0.3) is 0 Å². The Hall–Kier alpha value is -2.37. The van der Waals surface area contributed by atoms with Gasteiger partial charge >= 0.3 is 5.97 Å². The van der Waals surface area contributed by atoms with Crippen LogP contribution in [0.1, 0.15) is 23.1 Å². The molecule has 18 heavy (non-hydrogen) atoms. The number of aromatic hydroxyl groups is 1. The molecule has 0 bridgehead atoms. The van der Waals surface area contributed by atoms with Crippen LogP contribution in [0.4, 0.5) is 0 Å². The fraction of sp³-hybridized carbons (Fsp3) is 0.250. The number of hydrogen-bond donors (Lipinski definition) is 1. The van der Waals surface area contributed by atoms with Crippen molar-refractivity contribution in [3.05, 3.63) is 35.7 Å². The number of aryl methyl sites for hydroxylation is 1. The first-order valence-corrected chi connectivity index (χ1v) is 5.52. The predicted octanol–water partition coefficient (Wildman–Crippen LogP) is 1.46. The average Bonchev–Trinajstić information content (AvgIpc) is 2.72. The first-order valence-electron chi connectivity index (χ1n) is 5.52. The number of aromatic nitrogens is 3. The van der Waals surface area contributed by atoms with Crippen molar-refractivity contribution in [3.63, 3.8) is 0 Å². The van der Waals surface area contributed by atoms with Gasteiger partial charge in [-0.05, 0) is 26.0 Å². The van der Waals surface area contributed by atoms with Crippen LogP contribution in [0.2, 0.25) is 0 Å². The zero-order chi connectivity index (χ0) is 13.1. The van der Waals surface area contributed by atoms with Crippen molar-refractivity contribution in [2.75, 3.05) is 6.61 Å². The minimum atomic E-state index is -0.570. The van der Waals surface area contributed by atoms with Crippen LogP contribution in [0, 0.1) is 6.92 Å². The first-order chi connectivity index (χ1) is 8.61. The lowest BCUT2D eigenvalue weighted by molar-refractivity contribution is 0.0519. The highest BCUT2D eigenvalue weighted by atomic mass is 16.5. The molecule has 0 aliphatic carbocycles. The Kier molecular flexibility index (Phi) is 3.27. The van der Waals surface area contributed by atoms with Gasteiger partial charge < -0.3 is 9.84 Å². The molecular weight excluding hydrogens is 234 g/mol. The maximum absolute atomic E-state index is 11.5. The molecule has 2 rings (SSSR count). The summed E-state index contributed by atoms with van der Waals surface area (Å²) in [7, 11) is 0. The van der Waals surface area contributed by atoms with Crippen LogP contribution < -0.4 is 0 Å². The fourth-order valence-electron chi connectivity index (χ4n) is 1.49. The van der Waals surface area contributed by atoms with Gasteiger partial charge in [0.2, 0.25) is 5.88 Å². The monoisotopic (exact) mass is 247 g/mol. The molecular formula is C12H13N3O3. The molecule has 0 fully saturated rings. The van der Waals surface area contributed by atoms with E-state index in [1.165, 1.54) is 10.7 Å². The van der Waals surface area contributed by atoms with Gasteiger partial charge in [0.15, 0.2) is 11.5 Å². The van der Waals surface area contributed by atoms with Crippen LogP contribution in [0.25, 0.3) is 5.82 Å². The summed E-state index contributed by atoms with van der Waals surface area (Å²) in [4.78, 5) is 15.7. The Balaban J connectivity index is 2.38. The molecule has 0 saturated heterocycles. The molecule has 0 aromatic carbocycles. The molecule has 2 aromatic heterocycles. The molecule has 6 heteroatoms. The molecule has 0 saturated carbocycles. The van der Waals surface area contributed by atoms with Gasteiger partial charge in [0, 0.05) is 11.8 Å². The zero-order valence-corrected chi connectivity index (χ0v) is 10.1. The number of ether oxygens (including phenoxy) is 1. The Morgan fingerprint density at radius 1 is 1.50 bits per heavy atom. The largest absolute Gasteiger partial charge is 0.493 e. The Bertz CT molecular complexity index is 578. The van der Waals surface area contributed by atoms with E-state index in [1.807, 2.05) is 13.0 Å². The molecule has 0 spiro atoms. The van der Waals surface area contributed by atoms with E-state index in [9.17, 15) is 9.90 Å². The Morgan fingerprint density at radius 3 is 2.94 bits per heavy atom. The molecule has 0 amide bonds. The number of carbonyl (C=O) groups excluding carboxylic acids is 1. The third kappa shape index (κ3) is 2.32. The van der Waals surface area contributed by atoms with Gasteiger partial charge in [0.05, 0.1) is 6.61 Å². The lowest BCUT2D eigenvalue weighted by atomic mass is 10.4. The third-order valence-electron chi connectivity index (χ3n) is 2.27. The van der Waals surface area contributed by atoms with Crippen molar-refractivity contribution >= 4 is 5.97 Å². The summed E-state index contributed by atoms with van der Waals surface area (Å²) in [5.41, 5.74) is 0.845. The van der Waals surface area contributed by atoms with Crippen LogP contribution >= 0.6 is 0 Å². The fourth-order valence-corrected chi connectivity index (χ4v) is 1.49. The van der Waals surface area contributed by atoms with Crippen LogP contribution in [0.5, 0.6) is 5.88 Å².